The molecule has 0 spiro atoms. The first-order valence-corrected chi connectivity index (χ1v) is 18.7. The minimum absolute atomic E-state index is 0.0538. The highest BCUT2D eigenvalue weighted by Crippen LogP contribution is 2.52. The summed E-state index contributed by atoms with van der Waals surface area (Å²) in [5, 5.41) is 2.47. The molecule has 0 aliphatic heterocycles. The zero-order valence-corrected chi connectivity index (χ0v) is 26.1. The van der Waals surface area contributed by atoms with Crippen molar-refractivity contribution >= 4 is 76.4 Å². The molecule has 0 aliphatic rings. The van der Waals surface area contributed by atoms with Gasteiger partial charge in [-0.05, 0) is 74.9 Å². The molecule has 194 valence electrons. The molecule has 0 atom stereocenters. The normalized spacial score (nSPS) is 12.7. The third kappa shape index (κ3) is 4.84. The Bertz CT molecular complexity index is 1610. The summed E-state index contributed by atoms with van der Waals surface area (Å²) in [6.07, 6.45) is 0. The standard InChI is InChI=1S/C26H24O4S7/c1-15(2)36(27,28)25-23(21-11-9-19(33-21)17-7-5-13-31-17)35-24(26(25)37(29,30)16(3)4)22-12-10-20(34-22)18-8-6-14-32-18/h5-16H,1-4H3. The summed E-state index contributed by atoms with van der Waals surface area (Å²) in [6, 6.07) is 15.8. The Morgan fingerprint density at radius 3 is 1.22 bits per heavy atom. The van der Waals surface area contributed by atoms with Gasteiger partial charge in [-0.3, -0.25) is 0 Å². The number of sulfone groups is 2. The average Bonchev–Trinajstić information content (AvgIpc) is 3.67. The van der Waals surface area contributed by atoms with E-state index < -0.39 is 30.2 Å². The maximum atomic E-state index is 13.8. The van der Waals surface area contributed by atoms with Crippen LogP contribution in [0.25, 0.3) is 39.0 Å². The molecule has 0 aliphatic carbocycles. The van der Waals surface area contributed by atoms with Crippen LogP contribution in [0.2, 0.25) is 0 Å². The van der Waals surface area contributed by atoms with Crippen LogP contribution < -0.4 is 0 Å². The van der Waals surface area contributed by atoms with Gasteiger partial charge in [0.25, 0.3) is 0 Å². The monoisotopic (exact) mass is 624 g/mol. The highest BCUT2D eigenvalue weighted by molar-refractivity contribution is 7.95. The molecule has 0 aromatic carbocycles. The zero-order chi connectivity index (χ0) is 26.5. The number of hydrogen-bond acceptors (Lipinski definition) is 9. The van der Waals surface area contributed by atoms with Gasteiger partial charge in [0.1, 0.15) is 9.79 Å². The molecule has 0 bridgehead atoms. The van der Waals surface area contributed by atoms with Gasteiger partial charge in [0.2, 0.25) is 0 Å². The maximum Gasteiger partial charge on any atom is 0.183 e. The molecule has 0 radical (unpaired) electrons. The molecular weight excluding hydrogens is 601 g/mol. The minimum atomic E-state index is -3.92. The van der Waals surface area contributed by atoms with E-state index in [4.69, 9.17) is 0 Å². The van der Waals surface area contributed by atoms with Crippen molar-refractivity contribution < 1.29 is 16.8 Å². The van der Waals surface area contributed by atoms with Gasteiger partial charge in [0, 0.05) is 29.3 Å². The Labute approximate surface area is 237 Å². The van der Waals surface area contributed by atoms with E-state index in [-0.39, 0.29) is 9.79 Å². The summed E-state index contributed by atoms with van der Waals surface area (Å²) in [4.78, 5) is 6.65. The lowest BCUT2D eigenvalue weighted by molar-refractivity contribution is 0.575. The van der Waals surface area contributed by atoms with Crippen LogP contribution in [0.3, 0.4) is 0 Å². The lowest BCUT2D eigenvalue weighted by Crippen LogP contribution is -2.21. The van der Waals surface area contributed by atoms with Crippen molar-refractivity contribution in [3.05, 3.63) is 59.3 Å². The molecule has 5 aromatic heterocycles. The van der Waals surface area contributed by atoms with Crippen LogP contribution in [-0.4, -0.2) is 27.3 Å². The molecule has 0 amide bonds. The molecule has 0 saturated carbocycles. The number of rotatable bonds is 8. The number of hydrogen-bond donors (Lipinski definition) is 0. The topological polar surface area (TPSA) is 68.3 Å². The van der Waals surface area contributed by atoms with Crippen molar-refractivity contribution in [3.8, 4) is 39.0 Å². The Morgan fingerprint density at radius 1 is 0.514 bits per heavy atom. The van der Waals surface area contributed by atoms with Crippen molar-refractivity contribution in [1.29, 1.82) is 0 Å². The fraction of sp³-hybridized carbons (Fsp3) is 0.231. The van der Waals surface area contributed by atoms with Crippen molar-refractivity contribution in [2.45, 2.75) is 48.0 Å². The summed E-state index contributed by atoms with van der Waals surface area (Å²) < 4.78 is 55.4. The first-order chi connectivity index (χ1) is 17.5. The van der Waals surface area contributed by atoms with Crippen LogP contribution in [0.1, 0.15) is 27.7 Å². The quantitative estimate of drug-likeness (QED) is 0.173. The van der Waals surface area contributed by atoms with Crippen molar-refractivity contribution in [3.63, 3.8) is 0 Å². The van der Waals surface area contributed by atoms with Crippen LogP contribution >= 0.6 is 56.7 Å². The molecule has 5 heterocycles. The van der Waals surface area contributed by atoms with Crippen molar-refractivity contribution in [2.24, 2.45) is 0 Å². The maximum absolute atomic E-state index is 13.8. The first-order valence-electron chi connectivity index (χ1n) is 11.4. The molecular formula is C26H24O4S7. The van der Waals surface area contributed by atoms with Crippen molar-refractivity contribution in [2.75, 3.05) is 0 Å². The zero-order valence-electron chi connectivity index (χ0n) is 20.4. The Morgan fingerprint density at radius 2 is 0.892 bits per heavy atom. The van der Waals surface area contributed by atoms with Crippen LogP contribution in [0.15, 0.2) is 69.1 Å². The summed E-state index contributed by atoms with van der Waals surface area (Å²) in [6.45, 7) is 6.42. The van der Waals surface area contributed by atoms with Gasteiger partial charge in [0.15, 0.2) is 19.7 Å². The summed E-state index contributed by atoms with van der Waals surface area (Å²) in [5.74, 6) is 0. The summed E-state index contributed by atoms with van der Waals surface area (Å²) in [7, 11) is -7.85. The largest absolute Gasteiger partial charge is 0.223 e. The second-order valence-electron chi connectivity index (χ2n) is 8.89. The van der Waals surface area contributed by atoms with Gasteiger partial charge in [-0.15, -0.1) is 56.7 Å². The van der Waals surface area contributed by atoms with Gasteiger partial charge in [-0.1, -0.05) is 12.1 Å². The highest BCUT2D eigenvalue weighted by Gasteiger charge is 2.39. The highest BCUT2D eigenvalue weighted by atomic mass is 32.2. The van der Waals surface area contributed by atoms with E-state index in [0.717, 1.165) is 29.3 Å². The minimum Gasteiger partial charge on any atom is -0.223 e. The van der Waals surface area contributed by atoms with E-state index in [1.807, 2.05) is 59.3 Å². The molecule has 4 nitrogen and oxygen atoms in total. The Kier molecular flexibility index (Phi) is 7.42. The molecule has 0 unspecified atom stereocenters. The van der Waals surface area contributed by atoms with E-state index in [9.17, 15) is 16.8 Å². The fourth-order valence-corrected chi connectivity index (χ4v) is 13.0. The Balaban J connectivity index is 1.82. The van der Waals surface area contributed by atoms with E-state index in [1.54, 1.807) is 50.4 Å². The second kappa shape index (κ2) is 10.2. The van der Waals surface area contributed by atoms with Gasteiger partial charge in [-0.25, -0.2) is 16.8 Å². The predicted molar refractivity (Wildman–Crippen MR) is 162 cm³/mol. The summed E-state index contributed by atoms with van der Waals surface area (Å²) >= 11 is 7.49. The van der Waals surface area contributed by atoms with Crippen LogP contribution in [-0.2, 0) is 19.7 Å². The van der Waals surface area contributed by atoms with Gasteiger partial charge < -0.3 is 0 Å². The van der Waals surface area contributed by atoms with Gasteiger partial charge in [-0.2, -0.15) is 0 Å². The van der Waals surface area contributed by atoms with Crippen molar-refractivity contribution in [1.82, 2.24) is 0 Å². The van der Waals surface area contributed by atoms with Gasteiger partial charge >= 0.3 is 0 Å². The molecule has 11 heteroatoms. The SMILES string of the molecule is CC(C)S(=O)(=O)c1c(-c2ccc(-c3cccs3)s2)sc(-c2ccc(-c3cccs3)s2)c1S(=O)(=O)C(C)C. The molecule has 37 heavy (non-hydrogen) atoms. The van der Waals surface area contributed by atoms with E-state index in [2.05, 4.69) is 0 Å². The molecule has 0 saturated heterocycles. The van der Waals surface area contributed by atoms with E-state index in [0.29, 0.717) is 9.75 Å². The van der Waals surface area contributed by atoms with Crippen LogP contribution in [0, 0.1) is 0 Å². The lowest BCUT2D eigenvalue weighted by Gasteiger charge is -2.14. The van der Waals surface area contributed by atoms with Crippen LogP contribution in [0.5, 0.6) is 0 Å². The molecule has 0 N–H and O–H groups in total. The first kappa shape index (κ1) is 27.0. The summed E-state index contributed by atoms with van der Waals surface area (Å²) in [5.41, 5.74) is 0. The lowest BCUT2D eigenvalue weighted by atomic mass is 10.3. The second-order valence-corrected chi connectivity index (χ2v) is 18.9. The molecule has 0 fully saturated rings. The predicted octanol–water partition coefficient (Wildman–Crippen LogP) is 9.03. The third-order valence-electron chi connectivity index (χ3n) is 5.82. The van der Waals surface area contributed by atoms with E-state index >= 15 is 0 Å². The Hall–Kier alpha value is -1.60. The molecule has 5 rings (SSSR count). The van der Waals surface area contributed by atoms with Crippen LogP contribution in [0.4, 0.5) is 0 Å². The number of thiophene rings is 5. The fourth-order valence-electron chi connectivity index (χ4n) is 3.74. The smallest absolute Gasteiger partial charge is 0.183 e. The van der Waals surface area contributed by atoms with Gasteiger partial charge in [0.05, 0.1) is 20.3 Å². The average molecular weight is 625 g/mol. The van der Waals surface area contributed by atoms with E-state index in [1.165, 1.54) is 34.0 Å². The molecule has 5 aromatic rings. The third-order valence-corrected chi connectivity index (χ3v) is 16.5.